The van der Waals surface area contributed by atoms with Crippen molar-refractivity contribution in [2.24, 2.45) is 10.9 Å². The van der Waals surface area contributed by atoms with Gasteiger partial charge in [0.15, 0.2) is 5.96 Å². The summed E-state index contributed by atoms with van der Waals surface area (Å²) in [6.45, 7) is 6.07. The van der Waals surface area contributed by atoms with E-state index in [0.717, 1.165) is 48.4 Å². The molecular weight excluding hydrogens is 406 g/mol. The number of aromatic nitrogens is 1. The predicted molar refractivity (Wildman–Crippen MR) is 106 cm³/mol. The van der Waals surface area contributed by atoms with E-state index in [-0.39, 0.29) is 29.8 Å². The van der Waals surface area contributed by atoms with E-state index in [1.165, 1.54) is 6.07 Å². The van der Waals surface area contributed by atoms with Crippen LogP contribution in [0.5, 0.6) is 0 Å². The van der Waals surface area contributed by atoms with E-state index in [9.17, 15) is 4.39 Å². The lowest BCUT2D eigenvalue weighted by Crippen LogP contribution is -2.39. The van der Waals surface area contributed by atoms with Crippen LogP contribution in [-0.2, 0) is 6.42 Å². The van der Waals surface area contributed by atoms with Gasteiger partial charge in [-0.2, -0.15) is 0 Å². The highest BCUT2D eigenvalue weighted by molar-refractivity contribution is 14.0. The Bertz CT molecular complexity index is 637. The van der Waals surface area contributed by atoms with Crippen molar-refractivity contribution in [3.8, 4) is 0 Å². The lowest BCUT2D eigenvalue weighted by Gasteiger charge is -2.12. The minimum Gasteiger partial charge on any atom is -0.361 e. The van der Waals surface area contributed by atoms with Crippen molar-refractivity contribution < 1.29 is 4.39 Å². The van der Waals surface area contributed by atoms with Gasteiger partial charge in [-0.05, 0) is 42.5 Å². The molecule has 0 aliphatic heterocycles. The Morgan fingerprint density at radius 2 is 2.00 bits per heavy atom. The molecule has 0 radical (unpaired) electrons. The molecule has 23 heavy (non-hydrogen) atoms. The maximum atomic E-state index is 13.3. The molecule has 3 N–H and O–H groups in total. The fourth-order valence-electron chi connectivity index (χ4n) is 2.37. The van der Waals surface area contributed by atoms with Crippen molar-refractivity contribution in [1.29, 1.82) is 0 Å². The molecule has 1 aromatic carbocycles. The van der Waals surface area contributed by atoms with Gasteiger partial charge in [-0.1, -0.05) is 13.8 Å². The molecule has 128 valence electrons. The second-order valence-electron chi connectivity index (χ2n) is 5.86. The van der Waals surface area contributed by atoms with E-state index in [1.54, 1.807) is 19.2 Å². The molecule has 2 rings (SSSR count). The average molecular weight is 432 g/mol. The number of aliphatic imine (C=N–C) groups is 1. The molecule has 0 aliphatic rings. The van der Waals surface area contributed by atoms with Crippen LogP contribution in [0.1, 0.15) is 25.8 Å². The summed E-state index contributed by atoms with van der Waals surface area (Å²) in [5.41, 5.74) is 2.08. The number of halogens is 2. The molecule has 6 heteroatoms. The largest absolute Gasteiger partial charge is 0.361 e. The maximum Gasteiger partial charge on any atom is 0.190 e. The van der Waals surface area contributed by atoms with Gasteiger partial charge in [0.1, 0.15) is 5.82 Å². The molecule has 0 unspecified atom stereocenters. The summed E-state index contributed by atoms with van der Waals surface area (Å²) < 4.78 is 13.3. The van der Waals surface area contributed by atoms with Crippen molar-refractivity contribution in [1.82, 2.24) is 15.6 Å². The second kappa shape index (κ2) is 9.75. The van der Waals surface area contributed by atoms with Crippen molar-refractivity contribution in [3.63, 3.8) is 0 Å². The summed E-state index contributed by atoms with van der Waals surface area (Å²) >= 11 is 0. The Morgan fingerprint density at radius 1 is 1.26 bits per heavy atom. The minimum absolute atomic E-state index is 0. The first kappa shape index (κ1) is 19.7. The lowest BCUT2D eigenvalue weighted by atomic mass is 10.1. The zero-order chi connectivity index (χ0) is 15.9. The smallest absolute Gasteiger partial charge is 0.190 e. The number of H-pyrrole nitrogens is 1. The molecule has 0 atom stereocenters. The number of guanidine groups is 1. The number of benzene rings is 1. The minimum atomic E-state index is -0.201. The fraction of sp³-hybridized carbons (Fsp3) is 0.471. The van der Waals surface area contributed by atoms with Crippen LogP contribution in [0.25, 0.3) is 10.9 Å². The van der Waals surface area contributed by atoms with Crippen molar-refractivity contribution in [2.75, 3.05) is 20.1 Å². The monoisotopic (exact) mass is 432 g/mol. The van der Waals surface area contributed by atoms with Crippen LogP contribution in [0.3, 0.4) is 0 Å². The third-order valence-corrected chi connectivity index (χ3v) is 3.65. The summed E-state index contributed by atoms with van der Waals surface area (Å²) in [6.07, 6.45) is 3.87. The summed E-state index contributed by atoms with van der Waals surface area (Å²) in [5, 5.41) is 7.54. The van der Waals surface area contributed by atoms with Gasteiger partial charge in [-0.15, -0.1) is 24.0 Å². The SMILES string of the molecule is CN=C(NCCc1c[nH]c2ccc(F)cc12)NCCC(C)C.I. The summed E-state index contributed by atoms with van der Waals surface area (Å²) in [4.78, 5) is 7.38. The van der Waals surface area contributed by atoms with Crippen molar-refractivity contribution in [2.45, 2.75) is 26.7 Å². The lowest BCUT2D eigenvalue weighted by molar-refractivity contribution is 0.573. The van der Waals surface area contributed by atoms with Crippen LogP contribution in [-0.4, -0.2) is 31.1 Å². The Morgan fingerprint density at radius 3 is 2.70 bits per heavy atom. The fourth-order valence-corrected chi connectivity index (χ4v) is 2.37. The normalized spacial score (nSPS) is 11.6. The molecule has 0 aliphatic carbocycles. The molecule has 0 saturated heterocycles. The molecule has 4 nitrogen and oxygen atoms in total. The van der Waals surface area contributed by atoms with Gasteiger partial charge in [0.2, 0.25) is 0 Å². The first-order valence-electron chi connectivity index (χ1n) is 7.80. The molecule has 2 aromatic rings. The van der Waals surface area contributed by atoms with E-state index < -0.39 is 0 Å². The average Bonchev–Trinajstić information content (AvgIpc) is 2.87. The topological polar surface area (TPSA) is 52.2 Å². The van der Waals surface area contributed by atoms with E-state index in [4.69, 9.17) is 0 Å². The molecule has 1 aromatic heterocycles. The molecule has 0 amide bonds. The van der Waals surface area contributed by atoms with Gasteiger partial charge >= 0.3 is 0 Å². The van der Waals surface area contributed by atoms with Crippen LogP contribution in [0, 0.1) is 11.7 Å². The van der Waals surface area contributed by atoms with E-state index >= 15 is 0 Å². The van der Waals surface area contributed by atoms with Crippen LogP contribution in [0.4, 0.5) is 4.39 Å². The number of hydrogen-bond acceptors (Lipinski definition) is 1. The second-order valence-corrected chi connectivity index (χ2v) is 5.86. The van der Waals surface area contributed by atoms with Gasteiger partial charge in [0.05, 0.1) is 0 Å². The van der Waals surface area contributed by atoms with Crippen LogP contribution < -0.4 is 10.6 Å². The van der Waals surface area contributed by atoms with E-state index in [1.807, 2.05) is 6.20 Å². The Balaban J connectivity index is 0.00000264. The number of aromatic amines is 1. The molecule has 0 spiro atoms. The summed E-state index contributed by atoms with van der Waals surface area (Å²) in [5.74, 6) is 1.28. The van der Waals surface area contributed by atoms with Gasteiger partial charge in [-0.3, -0.25) is 4.99 Å². The van der Waals surface area contributed by atoms with Crippen molar-refractivity contribution >= 4 is 40.8 Å². The molecule has 0 saturated carbocycles. The first-order chi connectivity index (χ1) is 10.6. The van der Waals surface area contributed by atoms with Crippen molar-refractivity contribution in [3.05, 3.63) is 35.8 Å². The zero-order valence-electron chi connectivity index (χ0n) is 13.9. The molecule has 1 heterocycles. The van der Waals surface area contributed by atoms with Crippen LogP contribution in [0.2, 0.25) is 0 Å². The van der Waals surface area contributed by atoms with Crippen LogP contribution >= 0.6 is 24.0 Å². The first-order valence-corrected chi connectivity index (χ1v) is 7.80. The molecule has 0 bridgehead atoms. The van der Waals surface area contributed by atoms with Gasteiger partial charge < -0.3 is 15.6 Å². The number of fused-ring (bicyclic) bond motifs is 1. The number of rotatable bonds is 6. The van der Waals surface area contributed by atoms with Gasteiger partial charge in [0, 0.05) is 37.2 Å². The molecular formula is C17H26FIN4. The van der Waals surface area contributed by atoms with E-state index in [0.29, 0.717) is 5.92 Å². The predicted octanol–water partition coefficient (Wildman–Crippen LogP) is 3.68. The maximum absolute atomic E-state index is 13.3. The zero-order valence-corrected chi connectivity index (χ0v) is 16.3. The Hall–Kier alpha value is -1.31. The van der Waals surface area contributed by atoms with Crippen LogP contribution in [0.15, 0.2) is 29.4 Å². The number of nitrogens with zero attached hydrogens (tertiary/aromatic N) is 1. The highest BCUT2D eigenvalue weighted by Gasteiger charge is 2.05. The van der Waals surface area contributed by atoms with E-state index in [2.05, 4.69) is 34.5 Å². The third-order valence-electron chi connectivity index (χ3n) is 3.65. The highest BCUT2D eigenvalue weighted by atomic mass is 127. The standard InChI is InChI=1S/C17H25FN4.HI/c1-12(2)6-8-20-17(19-3)21-9-7-13-11-22-16-5-4-14(18)10-15(13)16;/h4-5,10-12,22H,6-9H2,1-3H3,(H2,19,20,21);1H. The quantitative estimate of drug-likeness (QED) is 0.371. The Labute approximate surface area is 154 Å². The number of nitrogens with one attached hydrogen (secondary N) is 3. The highest BCUT2D eigenvalue weighted by Crippen LogP contribution is 2.19. The van der Waals surface area contributed by atoms with Gasteiger partial charge in [-0.25, -0.2) is 4.39 Å². The molecule has 0 fully saturated rings. The third kappa shape index (κ3) is 6.01. The number of hydrogen-bond donors (Lipinski definition) is 3. The Kier molecular flexibility index (Phi) is 8.36. The van der Waals surface area contributed by atoms with Gasteiger partial charge in [0.25, 0.3) is 0 Å². The summed E-state index contributed by atoms with van der Waals surface area (Å²) in [7, 11) is 1.77. The summed E-state index contributed by atoms with van der Waals surface area (Å²) in [6, 6.07) is 4.83.